The zero-order valence-electron chi connectivity index (χ0n) is 12.2. The molecule has 0 saturated carbocycles. The van der Waals surface area contributed by atoms with Crippen molar-refractivity contribution in [3.8, 4) is 0 Å². The van der Waals surface area contributed by atoms with Gasteiger partial charge in [-0.15, -0.1) is 0 Å². The molecule has 2 nitrogen and oxygen atoms in total. The van der Waals surface area contributed by atoms with E-state index >= 15 is 0 Å². The number of nitrogens with zero attached hydrogens (tertiary/aromatic N) is 1. The molecular formula is C18H21NO. The summed E-state index contributed by atoms with van der Waals surface area (Å²) >= 11 is 0. The lowest BCUT2D eigenvalue weighted by molar-refractivity contribution is 0.103. The van der Waals surface area contributed by atoms with Crippen LogP contribution < -0.4 is 0 Å². The molecule has 0 atom stereocenters. The lowest BCUT2D eigenvalue weighted by atomic mass is 10.0. The molecule has 0 spiro atoms. The van der Waals surface area contributed by atoms with Crippen LogP contribution in [-0.2, 0) is 6.42 Å². The molecule has 20 heavy (non-hydrogen) atoms. The first-order valence-electron chi connectivity index (χ1n) is 7.28. The Kier molecular flexibility index (Phi) is 5.05. The SMILES string of the molecule is CCCCCc1ccc(C(=O)c2cccc(C)n2)cc1. The Bertz CT molecular complexity index is 572. The predicted octanol–water partition coefficient (Wildman–Crippen LogP) is 4.35. The summed E-state index contributed by atoms with van der Waals surface area (Å²) in [6.07, 6.45) is 4.79. The van der Waals surface area contributed by atoms with E-state index in [0.717, 1.165) is 12.1 Å². The van der Waals surface area contributed by atoms with Crippen LogP contribution in [0.3, 0.4) is 0 Å². The van der Waals surface area contributed by atoms with Crippen molar-refractivity contribution in [2.24, 2.45) is 0 Å². The van der Waals surface area contributed by atoms with Gasteiger partial charge in [0.15, 0.2) is 0 Å². The van der Waals surface area contributed by atoms with E-state index in [-0.39, 0.29) is 5.78 Å². The number of unbranched alkanes of at least 4 members (excludes halogenated alkanes) is 2. The van der Waals surface area contributed by atoms with Crippen LogP contribution in [0.2, 0.25) is 0 Å². The van der Waals surface area contributed by atoms with Crippen LogP contribution >= 0.6 is 0 Å². The second kappa shape index (κ2) is 6.99. The maximum absolute atomic E-state index is 12.3. The molecule has 104 valence electrons. The van der Waals surface area contributed by atoms with E-state index in [9.17, 15) is 4.79 Å². The van der Waals surface area contributed by atoms with Gasteiger partial charge < -0.3 is 0 Å². The number of rotatable bonds is 6. The van der Waals surface area contributed by atoms with Crippen molar-refractivity contribution in [3.05, 3.63) is 65.0 Å². The van der Waals surface area contributed by atoms with Gasteiger partial charge in [0.1, 0.15) is 5.69 Å². The third-order valence-corrected chi connectivity index (χ3v) is 3.41. The van der Waals surface area contributed by atoms with E-state index in [1.54, 1.807) is 6.07 Å². The fourth-order valence-corrected chi connectivity index (χ4v) is 2.22. The average Bonchev–Trinajstić information content (AvgIpc) is 2.47. The molecule has 0 fully saturated rings. The van der Waals surface area contributed by atoms with Crippen molar-refractivity contribution in [3.63, 3.8) is 0 Å². The van der Waals surface area contributed by atoms with E-state index in [0.29, 0.717) is 11.3 Å². The van der Waals surface area contributed by atoms with E-state index in [2.05, 4.69) is 24.0 Å². The van der Waals surface area contributed by atoms with Gasteiger partial charge in [0.05, 0.1) is 0 Å². The topological polar surface area (TPSA) is 30.0 Å². The summed E-state index contributed by atoms with van der Waals surface area (Å²) in [5.41, 5.74) is 3.39. The van der Waals surface area contributed by atoms with E-state index < -0.39 is 0 Å². The maximum Gasteiger partial charge on any atom is 0.211 e. The Morgan fingerprint density at radius 1 is 1.05 bits per heavy atom. The van der Waals surface area contributed by atoms with Gasteiger partial charge in [-0.25, -0.2) is 4.98 Å². The van der Waals surface area contributed by atoms with Crippen molar-refractivity contribution in [2.75, 3.05) is 0 Å². The molecule has 0 aliphatic heterocycles. The highest BCUT2D eigenvalue weighted by atomic mass is 16.1. The first-order valence-corrected chi connectivity index (χ1v) is 7.28. The Balaban J connectivity index is 2.07. The summed E-state index contributed by atoms with van der Waals surface area (Å²) in [6.45, 7) is 4.10. The molecule has 0 bridgehead atoms. The zero-order valence-corrected chi connectivity index (χ0v) is 12.2. The fourth-order valence-electron chi connectivity index (χ4n) is 2.22. The zero-order chi connectivity index (χ0) is 14.4. The highest BCUT2D eigenvalue weighted by molar-refractivity contribution is 6.07. The van der Waals surface area contributed by atoms with Gasteiger partial charge in [-0.1, -0.05) is 50.1 Å². The summed E-state index contributed by atoms with van der Waals surface area (Å²) in [5.74, 6) is -0.00573. The summed E-state index contributed by atoms with van der Waals surface area (Å²) in [5, 5.41) is 0. The minimum absolute atomic E-state index is 0.00573. The first-order chi connectivity index (χ1) is 9.70. The van der Waals surface area contributed by atoms with E-state index in [1.165, 1.54) is 24.8 Å². The molecule has 1 aromatic carbocycles. The highest BCUT2D eigenvalue weighted by Gasteiger charge is 2.10. The summed E-state index contributed by atoms with van der Waals surface area (Å²) in [6, 6.07) is 13.5. The molecule has 0 N–H and O–H groups in total. The smallest absolute Gasteiger partial charge is 0.211 e. The molecule has 2 rings (SSSR count). The molecule has 1 heterocycles. The Hall–Kier alpha value is -1.96. The predicted molar refractivity (Wildman–Crippen MR) is 82.1 cm³/mol. The molecule has 0 aliphatic carbocycles. The summed E-state index contributed by atoms with van der Waals surface area (Å²) in [4.78, 5) is 16.6. The number of aromatic nitrogens is 1. The Morgan fingerprint density at radius 3 is 2.45 bits per heavy atom. The second-order valence-electron chi connectivity index (χ2n) is 5.15. The van der Waals surface area contributed by atoms with Crippen LogP contribution in [0.1, 0.15) is 53.5 Å². The minimum atomic E-state index is -0.00573. The first kappa shape index (κ1) is 14.4. The molecule has 0 unspecified atom stereocenters. The van der Waals surface area contributed by atoms with Crippen molar-refractivity contribution < 1.29 is 4.79 Å². The molecular weight excluding hydrogens is 246 g/mol. The molecule has 1 aromatic heterocycles. The number of aryl methyl sites for hydroxylation is 2. The third kappa shape index (κ3) is 3.77. The third-order valence-electron chi connectivity index (χ3n) is 3.41. The molecule has 0 amide bonds. The van der Waals surface area contributed by atoms with Gasteiger partial charge in [0.25, 0.3) is 0 Å². The van der Waals surface area contributed by atoms with E-state index in [1.807, 2.05) is 31.2 Å². The monoisotopic (exact) mass is 267 g/mol. The maximum atomic E-state index is 12.3. The average molecular weight is 267 g/mol. The molecule has 2 heteroatoms. The lowest BCUT2D eigenvalue weighted by Gasteiger charge is -2.04. The van der Waals surface area contributed by atoms with Crippen LogP contribution in [0.4, 0.5) is 0 Å². The quantitative estimate of drug-likeness (QED) is 0.575. The standard InChI is InChI=1S/C18H21NO/c1-3-4-5-8-15-10-12-16(13-11-15)18(20)17-9-6-7-14(2)19-17/h6-7,9-13H,3-5,8H2,1-2H3. The fraction of sp³-hybridized carbons (Fsp3) is 0.333. The largest absolute Gasteiger partial charge is 0.287 e. The van der Waals surface area contributed by atoms with Gasteiger partial charge in [-0.05, 0) is 37.5 Å². The number of hydrogen-bond acceptors (Lipinski definition) is 2. The second-order valence-corrected chi connectivity index (χ2v) is 5.15. The van der Waals surface area contributed by atoms with Crippen LogP contribution in [0.15, 0.2) is 42.5 Å². The number of benzene rings is 1. The Morgan fingerprint density at radius 2 is 1.80 bits per heavy atom. The van der Waals surface area contributed by atoms with Crippen LogP contribution in [0.25, 0.3) is 0 Å². The normalized spacial score (nSPS) is 10.5. The molecule has 2 aromatic rings. The molecule has 0 saturated heterocycles. The number of ketones is 1. The number of carbonyl (C=O) groups is 1. The van der Waals surface area contributed by atoms with Gasteiger partial charge in [0.2, 0.25) is 5.78 Å². The molecule has 0 radical (unpaired) electrons. The molecule has 0 aliphatic rings. The Labute approximate surface area is 120 Å². The van der Waals surface area contributed by atoms with Crippen molar-refractivity contribution in [2.45, 2.75) is 39.5 Å². The van der Waals surface area contributed by atoms with Crippen molar-refractivity contribution in [1.82, 2.24) is 4.98 Å². The number of carbonyl (C=O) groups excluding carboxylic acids is 1. The van der Waals surface area contributed by atoms with Crippen LogP contribution in [0, 0.1) is 6.92 Å². The summed E-state index contributed by atoms with van der Waals surface area (Å²) < 4.78 is 0. The van der Waals surface area contributed by atoms with Crippen molar-refractivity contribution >= 4 is 5.78 Å². The van der Waals surface area contributed by atoms with Gasteiger partial charge in [-0.3, -0.25) is 4.79 Å². The van der Waals surface area contributed by atoms with Gasteiger partial charge >= 0.3 is 0 Å². The lowest BCUT2D eigenvalue weighted by Crippen LogP contribution is -2.04. The summed E-state index contributed by atoms with van der Waals surface area (Å²) in [7, 11) is 0. The van der Waals surface area contributed by atoms with Gasteiger partial charge in [0, 0.05) is 11.3 Å². The van der Waals surface area contributed by atoms with E-state index in [4.69, 9.17) is 0 Å². The van der Waals surface area contributed by atoms with Crippen LogP contribution in [-0.4, -0.2) is 10.8 Å². The van der Waals surface area contributed by atoms with Gasteiger partial charge in [-0.2, -0.15) is 0 Å². The number of hydrogen-bond donors (Lipinski definition) is 0. The van der Waals surface area contributed by atoms with Crippen LogP contribution in [0.5, 0.6) is 0 Å². The number of pyridine rings is 1. The minimum Gasteiger partial charge on any atom is -0.287 e. The van der Waals surface area contributed by atoms with Crippen molar-refractivity contribution in [1.29, 1.82) is 0 Å². The highest BCUT2D eigenvalue weighted by Crippen LogP contribution is 2.12.